The Kier molecular flexibility index (Phi) is 5.43. The Morgan fingerprint density at radius 3 is 2.57 bits per heavy atom. The highest BCUT2D eigenvalue weighted by molar-refractivity contribution is 5.54. The number of nitrogen functional groups attached to an aromatic ring is 1. The van der Waals surface area contributed by atoms with Crippen LogP contribution in [0.15, 0.2) is 42.5 Å². The molecule has 0 bridgehead atoms. The highest BCUT2D eigenvalue weighted by atomic mass is 19.1. The van der Waals surface area contributed by atoms with Crippen LogP contribution in [0.5, 0.6) is 5.75 Å². The molecule has 0 unspecified atom stereocenters. The zero-order chi connectivity index (χ0) is 15.1. The maximum absolute atomic E-state index is 12.8. The first-order valence-corrected chi connectivity index (χ1v) is 7.19. The summed E-state index contributed by atoms with van der Waals surface area (Å²) >= 11 is 0. The van der Waals surface area contributed by atoms with E-state index in [2.05, 4.69) is 5.32 Å². The minimum Gasteiger partial charge on any atom is -0.492 e. The van der Waals surface area contributed by atoms with Crippen LogP contribution in [0.2, 0.25) is 0 Å². The Labute approximate surface area is 124 Å². The lowest BCUT2D eigenvalue weighted by atomic mass is 10.1. The number of rotatable bonds is 7. The Balaban J connectivity index is 1.78. The summed E-state index contributed by atoms with van der Waals surface area (Å²) in [5, 5.41) is 3.27. The summed E-state index contributed by atoms with van der Waals surface area (Å²) in [5.74, 6) is 0.524. The van der Waals surface area contributed by atoms with Crippen molar-refractivity contribution in [1.29, 1.82) is 0 Å². The number of nitrogens with two attached hydrogens (primary N) is 1. The first-order chi connectivity index (χ1) is 10.2. The van der Waals surface area contributed by atoms with E-state index >= 15 is 0 Å². The molecule has 2 aromatic carbocycles. The van der Waals surface area contributed by atoms with Crippen LogP contribution in [-0.4, -0.2) is 13.2 Å². The summed E-state index contributed by atoms with van der Waals surface area (Å²) in [6.45, 7) is 3.39. The third kappa shape index (κ3) is 4.67. The predicted molar refractivity (Wildman–Crippen MR) is 85.2 cm³/mol. The molecule has 112 valence electrons. The van der Waals surface area contributed by atoms with Gasteiger partial charge in [0.15, 0.2) is 0 Å². The highest BCUT2D eigenvalue weighted by Gasteiger charge is 2.01. The second kappa shape index (κ2) is 7.53. The molecule has 0 atom stereocenters. The summed E-state index contributed by atoms with van der Waals surface area (Å²) in [7, 11) is 0. The number of benzene rings is 2. The molecular formula is C17H21FN2O. The van der Waals surface area contributed by atoms with Crippen molar-refractivity contribution in [2.24, 2.45) is 0 Å². The molecule has 0 saturated carbocycles. The number of halogens is 1. The number of anilines is 2. The van der Waals surface area contributed by atoms with Gasteiger partial charge in [0.1, 0.15) is 11.6 Å². The van der Waals surface area contributed by atoms with Crippen LogP contribution >= 0.6 is 0 Å². The van der Waals surface area contributed by atoms with Crippen LogP contribution in [-0.2, 0) is 6.42 Å². The predicted octanol–water partition coefficient (Wildman–Crippen LogP) is 3.85. The van der Waals surface area contributed by atoms with Gasteiger partial charge in [0.05, 0.1) is 12.3 Å². The standard InChI is InChI=1S/C17H21FN2O/c1-2-21-17-10-5-13(12-16(17)19)4-3-11-20-15-8-6-14(18)7-9-15/h5-10,12,20H,2-4,11,19H2,1H3. The Hall–Kier alpha value is -2.23. The molecule has 0 aliphatic carbocycles. The van der Waals surface area contributed by atoms with E-state index in [1.54, 1.807) is 12.1 Å². The summed E-state index contributed by atoms with van der Waals surface area (Å²) in [6, 6.07) is 12.3. The van der Waals surface area contributed by atoms with E-state index in [0.717, 1.165) is 30.8 Å². The van der Waals surface area contributed by atoms with Crippen molar-refractivity contribution >= 4 is 11.4 Å². The minimum absolute atomic E-state index is 0.217. The van der Waals surface area contributed by atoms with Crippen LogP contribution in [0.25, 0.3) is 0 Å². The summed E-state index contributed by atoms with van der Waals surface area (Å²) in [5.41, 5.74) is 8.75. The largest absolute Gasteiger partial charge is 0.492 e. The summed E-state index contributed by atoms with van der Waals surface area (Å²) in [6.07, 6.45) is 1.91. The van der Waals surface area contributed by atoms with E-state index in [-0.39, 0.29) is 5.82 Å². The summed E-state index contributed by atoms with van der Waals surface area (Å²) in [4.78, 5) is 0. The van der Waals surface area contributed by atoms with Gasteiger partial charge in [0.25, 0.3) is 0 Å². The topological polar surface area (TPSA) is 47.3 Å². The van der Waals surface area contributed by atoms with E-state index in [0.29, 0.717) is 12.3 Å². The smallest absolute Gasteiger partial charge is 0.142 e. The monoisotopic (exact) mass is 288 g/mol. The Morgan fingerprint density at radius 1 is 1.14 bits per heavy atom. The van der Waals surface area contributed by atoms with Crippen LogP contribution in [0.1, 0.15) is 18.9 Å². The maximum atomic E-state index is 12.8. The summed E-state index contributed by atoms with van der Waals surface area (Å²) < 4.78 is 18.2. The fraction of sp³-hybridized carbons (Fsp3) is 0.294. The molecule has 3 N–H and O–H groups in total. The molecule has 2 aromatic rings. The van der Waals surface area contributed by atoms with E-state index in [1.807, 2.05) is 25.1 Å². The number of nitrogens with one attached hydrogen (secondary N) is 1. The van der Waals surface area contributed by atoms with Crippen molar-refractivity contribution in [2.75, 3.05) is 24.2 Å². The molecule has 4 heteroatoms. The molecule has 0 amide bonds. The maximum Gasteiger partial charge on any atom is 0.142 e. The normalized spacial score (nSPS) is 10.4. The average Bonchev–Trinajstić information content (AvgIpc) is 2.48. The molecule has 0 aliphatic heterocycles. The van der Waals surface area contributed by atoms with Crippen molar-refractivity contribution in [1.82, 2.24) is 0 Å². The molecule has 21 heavy (non-hydrogen) atoms. The van der Waals surface area contributed by atoms with Crippen LogP contribution in [0.4, 0.5) is 15.8 Å². The van der Waals surface area contributed by atoms with Gasteiger partial charge in [-0.05, 0) is 61.7 Å². The van der Waals surface area contributed by atoms with Gasteiger partial charge in [-0.3, -0.25) is 0 Å². The fourth-order valence-electron chi connectivity index (χ4n) is 2.13. The van der Waals surface area contributed by atoms with Crippen molar-refractivity contribution in [3.63, 3.8) is 0 Å². The highest BCUT2D eigenvalue weighted by Crippen LogP contribution is 2.23. The number of aryl methyl sites for hydroxylation is 1. The molecule has 2 rings (SSSR count). The first-order valence-electron chi connectivity index (χ1n) is 7.19. The van der Waals surface area contributed by atoms with Gasteiger partial charge in [-0.25, -0.2) is 4.39 Å². The SMILES string of the molecule is CCOc1ccc(CCCNc2ccc(F)cc2)cc1N. The van der Waals surface area contributed by atoms with Gasteiger partial charge in [0.2, 0.25) is 0 Å². The molecule has 0 spiro atoms. The molecule has 0 saturated heterocycles. The zero-order valence-electron chi connectivity index (χ0n) is 12.2. The van der Waals surface area contributed by atoms with Gasteiger partial charge >= 0.3 is 0 Å². The van der Waals surface area contributed by atoms with Gasteiger partial charge in [0, 0.05) is 12.2 Å². The van der Waals surface area contributed by atoms with Crippen molar-refractivity contribution in [2.45, 2.75) is 19.8 Å². The lowest BCUT2D eigenvalue weighted by Crippen LogP contribution is -2.03. The van der Waals surface area contributed by atoms with Gasteiger partial charge in [-0.2, -0.15) is 0 Å². The van der Waals surface area contributed by atoms with E-state index in [4.69, 9.17) is 10.5 Å². The molecule has 0 fully saturated rings. The van der Waals surface area contributed by atoms with Gasteiger partial charge < -0.3 is 15.8 Å². The lowest BCUT2D eigenvalue weighted by molar-refractivity contribution is 0.342. The number of ether oxygens (including phenoxy) is 1. The molecule has 3 nitrogen and oxygen atoms in total. The number of hydrogen-bond donors (Lipinski definition) is 2. The third-order valence-electron chi connectivity index (χ3n) is 3.19. The van der Waals surface area contributed by atoms with Gasteiger partial charge in [-0.1, -0.05) is 6.07 Å². The Morgan fingerprint density at radius 2 is 1.90 bits per heavy atom. The van der Waals surface area contributed by atoms with Crippen molar-refractivity contribution in [3.8, 4) is 5.75 Å². The van der Waals surface area contributed by atoms with Crippen molar-refractivity contribution < 1.29 is 9.13 Å². The van der Waals surface area contributed by atoms with E-state index in [9.17, 15) is 4.39 Å². The molecule has 0 aliphatic rings. The van der Waals surface area contributed by atoms with Crippen LogP contribution in [0.3, 0.4) is 0 Å². The quantitative estimate of drug-likeness (QED) is 0.601. The van der Waals surface area contributed by atoms with Crippen molar-refractivity contribution in [3.05, 3.63) is 53.8 Å². The van der Waals surface area contributed by atoms with Gasteiger partial charge in [-0.15, -0.1) is 0 Å². The molecule has 0 radical (unpaired) electrons. The molecular weight excluding hydrogens is 267 g/mol. The first kappa shape index (κ1) is 15.2. The lowest BCUT2D eigenvalue weighted by Gasteiger charge is -2.09. The average molecular weight is 288 g/mol. The molecule has 0 aromatic heterocycles. The third-order valence-corrected chi connectivity index (χ3v) is 3.19. The minimum atomic E-state index is -0.217. The zero-order valence-corrected chi connectivity index (χ0v) is 12.2. The fourth-order valence-corrected chi connectivity index (χ4v) is 2.13. The number of hydrogen-bond acceptors (Lipinski definition) is 3. The second-order valence-corrected chi connectivity index (χ2v) is 4.84. The van der Waals surface area contributed by atoms with Crippen LogP contribution < -0.4 is 15.8 Å². The van der Waals surface area contributed by atoms with E-state index < -0.39 is 0 Å². The Bertz CT molecular complexity index is 570. The second-order valence-electron chi connectivity index (χ2n) is 4.84. The van der Waals surface area contributed by atoms with Crippen LogP contribution in [0, 0.1) is 5.82 Å². The molecule has 0 heterocycles. The van der Waals surface area contributed by atoms with E-state index in [1.165, 1.54) is 17.7 Å².